The van der Waals surface area contributed by atoms with E-state index < -0.39 is 5.91 Å². The quantitative estimate of drug-likeness (QED) is 0.367. The summed E-state index contributed by atoms with van der Waals surface area (Å²) in [5.41, 5.74) is 10.1. The number of aromatic nitrogens is 5. The molecule has 0 aliphatic carbocycles. The van der Waals surface area contributed by atoms with Crippen molar-refractivity contribution < 1.29 is 9.42 Å². The topological polar surface area (TPSA) is 140 Å². The van der Waals surface area contributed by atoms with Crippen molar-refractivity contribution in [2.24, 2.45) is 5.10 Å². The number of carbonyl (C=O) groups is 1. The van der Waals surface area contributed by atoms with E-state index in [-0.39, 0.29) is 17.3 Å². The molecule has 3 aromatic heterocycles. The first-order chi connectivity index (χ1) is 14.5. The molecule has 3 aromatic rings. The van der Waals surface area contributed by atoms with Crippen molar-refractivity contribution in [1.82, 2.24) is 35.6 Å². The minimum Gasteiger partial charge on any atom is -0.378 e. The molecule has 0 atom stereocenters. The van der Waals surface area contributed by atoms with Gasteiger partial charge in [0.2, 0.25) is 11.6 Å². The van der Waals surface area contributed by atoms with Gasteiger partial charge in [-0.1, -0.05) is 19.1 Å². The number of nitrogens with two attached hydrogens (primary N) is 1. The molecular formula is C18H25N9O2S. The first kappa shape index (κ1) is 21.6. The van der Waals surface area contributed by atoms with Gasteiger partial charge in [-0.25, -0.2) is 10.1 Å². The highest BCUT2D eigenvalue weighted by Gasteiger charge is 2.25. The molecule has 3 heterocycles. The third kappa shape index (κ3) is 4.89. The number of hydrogen-bond acceptors (Lipinski definition) is 10. The van der Waals surface area contributed by atoms with Crippen molar-refractivity contribution in [3.63, 3.8) is 0 Å². The summed E-state index contributed by atoms with van der Waals surface area (Å²) in [5.74, 6) is -0.205. The predicted octanol–water partition coefficient (Wildman–Crippen LogP) is 1.99. The second-order valence-corrected chi connectivity index (χ2v) is 7.66. The Bertz CT molecular complexity index is 1000. The number of nitrogens with zero attached hydrogens (tertiary/aromatic N) is 7. The molecule has 0 radical (unpaired) electrons. The number of thiophene rings is 1. The minimum absolute atomic E-state index is 0.0665. The molecule has 0 bridgehead atoms. The molecule has 0 unspecified atom stereocenters. The van der Waals surface area contributed by atoms with Gasteiger partial charge in [0.25, 0.3) is 5.91 Å². The fourth-order valence-electron chi connectivity index (χ4n) is 2.96. The van der Waals surface area contributed by atoms with Crippen LogP contribution >= 0.6 is 11.3 Å². The molecule has 3 rings (SSSR count). The van der Waals surface area contributed by atoms with Gasteiger partial charge in [0.15, 0.2) is 5.69 Å². The fourth-order valence-corrected chi connectivity index (χ4v) is 3.75. The second-order valence-electron chi connectivity index (χ2n) is 6.71. The standard InChI is InChI=1S/C18H25N9O2S/c1-4-7-26(8-5-2)11-13-15(21-25-27(13)17-16(19)23-29-24-17)18(28)22-20-10-14-12(3)6-9-30-14/h6,9-10H,4-5,7-8,11H2,1-3H3,(H2,19,23)(H,22,28)/b20-10+. The molecule has 11 nitrogen and oxygen atoms in total. The summed E-state index contributed by atoms with van der Waals surface area (Å²) >= 11 is 1.54. The van der Waals surface area contributed by atoms with Crippen molar-refractivity contribution in [3.05, 3.63) is 33.3 Å². The van der Waals surface area contributed by atoms with Gasteiger partial charge in [0.05, 0.1) is 11.9 Å². The number of nitrogen functional groups attached to an aromatic ring is 1. The zero-order valence-electron chi connectivity index (χ0n) is 17.2. The lowest BCUT2D eigenvalue weighted by Gasteiger charge is -2.21. The highest BCUT2D eigenvalue weighted by atomic mass is 32.1. The number of anilines is 1. The fraction of sp³-hybridized carbons (Fsp3) is 0.444. The van der Waals surface area contributed by atoms with Crippen molar-refractivity contribution in [1.29, 1.82) is 0 Å². The van der Waals surface area contributed by atoms with E-state index >= 15 is 0 Å². The van der Waals surface area contributed by atoms with Gasteiger partial charge in [-0.05, 0) is 60.2 Å². The van der Waals surface area contributed by atoms with Gasteiger partial charge in [-0.3, -0.25) is 9.69 Å². The second kappa shape index (κ2) is 10.1. The number of hydrazone groups is 1. The first-order valence-corrected chi connectivity index (χ1v) is 10.6. The van der Waals surface area contributed by atoms with Gasteiger partial charge < -0.3 is 5.73 Å². The third-order valence-electron chi connectivity index (χ3n) is 4.38. The zero-order chi connectivity index (χ0) is 21.5. The molecule has 0 saturated carbocycles. The average Bonchev–Trinajstić information content (AvgIpc) is 3.43. The average molecular weight is 432 g/mol. The molecule has 0 aromatic carbocycles. The number of amides is 1. The maximum atomic E-state index is 12.8. The summed E-state index contributed by atoms with van der Waals surface area (Å²) in [6.45, 7) is 8.36. The van der Waals surface area contributed by atoms with Crippen LogP contribution in [0.3, 0.4) is 0 Å². The lowest BCUT2D eigenvalue weighted by atomic mass is 10.2. The normalized spacial score (nSPS) is 11.6. The van der Waals surface area contributed by atoms with Gasteiger partial charge in [0.1, 0.15) is 0 Å². The Morgan fingerprint density at radius 2 is 2.13 bits per heavy atom. The van der Waals surface area contributed by atoms with Crippen LogP contribution in [0.5, 0.6) is 0 Å². The molecule has 0 fully saturated rings. The van der Waals surface area contributed by atoms with Gasteiger partial charge in [-0.15, -0.1) is 16.4 Å². The lowest BCUT2D eigenvalue weighted by Crippen LogP contribution is -2.28. The maximum Gasteiger partial charge on any atom is 0.293 e. The van der Waals surface area contributed by atoms with Gasteiger partial charge in [-0.2, -0.15) is 9.78 Å². The van der Waals surface area contributed by atoms with Crippen LogP contribution in [-0.2, 0) is 6.54 Å². The summed E-state index contributed by atoms with van der Waals surface area (Å²) < 4.78 is 6.09. The molecule has 30 heavy (non-hydrogen) atoms. The Morgan fingerprint density at radius 1 is 1.37 bits per heavy atom. The van der Waals surface area contributed by atoms with E-state index in [1.807, 2.05) is 18.4 Å². The monoisotopic (exact) mass is 431 g/mol. The molecule has 12 heteroatoms. The Balaban J connectivity index is 1.88. The van der Waals surface area contributed by atoms with E-state index in [2.05, 4.69) is 49.9 Å². The molecule has 3 N–H and O–H groups in total. The smallest absolute Gasteiger partial charge is 0.293 e. The van der Waals surface area contributed by atoms with Crippen LogP contribution in [0, 0.1) is 6.92 Å². The highest BCUT2D eigenvalue weighted by Crippen LogP contribution is 2.18. The first-order valence-electron chi connectivity index (χ1n) is 9.67. The number of nitrogens with one attached hydrogen (secondary N) is 1. The Morgan fingerprint density at radius 3 is 2.73 bits per heavy atom. The van der Waals surface area contributed by atoms with Crippen LogP contribution in [0.1, 0.15) is 53.3 Å². The van der Waals surface area contributed by atoms with Crippen molar-refractivity contribution in [2.45, 2.75) is 40.2 Å². The minimum atomic E-state index is -0.468. The predicted molar refractivity (Wildman–Crippen MR) is 114 cm³/mol. The largest absolute Gasteiger partial charge is 0.378 e. The molecule has 160 valence electrons. The number of hydrogen-bond donors (Lipinski definition) is 2. The number of aryl methyl sites for hydroxylation is 1. The van der Waals surface area contributed by atoms with Crippen LogP contribution in [-0.4, -0.2) is 55.4 Å². The van der Waals surface area contributed by atoms with Crippen LogP contribution in [0.15, 0.2) is 21.2 Å². The van der Waals surface area contributed by atoms with Crippen molar-refractivity contribution in [3.8, 4) is 5.82 Å². The van der Waals surface area contributed by atoms with Gasteiger partial charge >= 0.3 is 0 Å². The van der Waals surface area contributed by atoms with E-state index in [9.17, 15) is 4.79 Å². The van der Waals surface area contributed by atoms with E-state index in [0.717, 1.165) is 36.4 Å². The molecule has 0 aliphatic rings. The molecular weight excluding hydrogens is 406 g/mol. The zero-order valence-corrected chi connectivity index (χ0v) is 18.0. The summed E-state index contributed by atoms with van der Waals surface area (Å²) in [5, 5.41) is 21.5. The summed E-state index contributed by atoms with van der Waals surface area (Å²) in [4.78, 5) is 16.0. The van der Waals surface area contributed by atoms with Gasteiger partial charge in [0, 0.05) is 11.4 Å². The summed E-state index contributed by atoms with van der Waals surface area (Å²) in [6, 6.07) is 1.99. The number of carbonyl (C=O) groups excluding carboxylic acids is 1. The van der Waals surface area contributed by atoms with Crippen LogP contribution in [0.2, 0.25) is 0 Å². The van der Waals surface area contributed by atoms with Crippen molar-refractivity contribution in [2.75, 3.05) is 18.8 Å². The van der Waals surface area contributed by atoms with E-state index in [1.54, 1.807) is 17.6 Å². The SMILES string of the molecule is CCCN(CCC)Cc1c(C(=O)N/N=C/c2sccc2C)nnn1-c1nonc1N. The molecule has 0 aliphatic heterocycles. The third-order valence-corrected chi connectivity index (χ3v) is 5.33. The number of rotatable bonds is 10. The van der Waals surface area contributed by atoms with E-state index in [4.69, 9.17) is 10.4 Å². The van der Waals surface area contributed by atoms with Crippen LogP contribution in [0.25, 0.3) is 5.82 Å². The van der Waals surface area contributed by atoms with Crippen LogP contribution in [0.4, 0.5) is 5.82 Å². The lowest BCUT2D eigenvalue weighted by molar-refractivity contribution is 0.0947. The molecule has 0 spiro atoms. The van der Waals surface area contributed by atoms with Crippen LogP contribution < -0.4 is 11.2 Å². The van der Waals surface area contributed by atoms with Crippen molar-refractivity contribution >= 4 is 29.3 Å². The molecule has 1 amide bonds. The molecule has 0 saturated heterocycles. The maximum absolute atomic E-state index is 12.8. The summed E-state index contributed by atoms with van der Waals surface area (Å²) in [6.07, 6.45) is 3.56. The Kier molecular flexibility index (Phi) is 7.25. The van der Waals surface area contributed by atoms with E-state index in [1.165, 1.54) is 4.68 Å². The Hall–Kier alpha value is -3.12. The Labute approximate surface area is 177 Å². The summed E-state index contributed by atoms with van der Waals surface area (Å²) in [7, 11) is 0. The van der Waals surface area contributed by atoms with E-state index in [0.29, 0.717) is 12.2 Å². The highest BCUT2D eigenvalue weighted by molar-refractivity contribution is 7.11.